The van der Waals surface area contributed by atoms with Gasteiger partial charge >= 0.3 is 5.97 Å². The molecule has 0 aliphatic carbocycles. The molecule has 0 bridgehead atoms. The quantitative estimate of drug-likeness (QED) is 0.888. The standard InChI is InChI=1S/C13H16N2O3S/c16-12(10-3-4-11(19-10)13(17)18)15-7-6-14-5-1-2-9(14)8-15/h3-4,9H,1-2,5-8H2,(H,17,18). The van der Waals surface area contributed by atoms with Crippen LogP contribution in [0, 0.1) is 0 Å². The Morgan fingerprint density at radius 1 is 1.21 bits per heavy atom. The van der Waals surface area contributed by atoms with Gasteiger partial charge in [0.25, 0.3) is 5.91 Å². The Labute approximate surface area is 115 Å². The van der Waals surface area contributed by atoms with Gasteiger partial charge in [0.05, 0.1) is 4.88 Å². The van der Waals surface area contributed by atoms with E-state index in [2.05, 4.69) is 4.90 Å². The Morgan fingerprint density at radius 3 is 2.74 bits per heavy atom. The van der Waals surface area contributed by atoms with Crippen LogP contribution >= 0.6 is 11.3 Å². The van der Waals surface area contributed by atoms with Gasteiger partial charge in [0.15, 0.2) is 0 Å². The number of nitrogens with zero attached hydrogens (tertiary/aromatic N) is 2. The number of aromatic carboxylic acids is 1. The van der Waals surface area contributed by atoms with Gasteiger partial charge in [-0.3, -0.25) is 9.69 Å². The van der Waals surface area contributed by atoms with Gasteiger partial charge in [-0.25, -0.2) is 4.79 Å². The molecule has 6 heteroatoms. The van der Waals surface area contributed by atoms with Crippen LogP contribution in [0.15, 0.2) is 12.1 Å². The van der Waals surface area contributed by atoms with Crippen molar-refractivity contribution < 1.29 is 14.7 Å². The topological polar surface area (TPSA) is 60.9 Å². The summed E-state index contributed by atoms with van der Waals surface area (Å²) in [4.78, 5) is 28.3. The summed E-state index contributed by atoms with van der Waals surface area (Å²) in [5.41, 5.74) is 0. The van der Waals surface area contributed by atoms with Crippen molar-refractivity contribution >= 4 is 23.2 Å². The maximum Gasteiger partial charge on any atom is 0.345 e. The first-order valence-electron chi connectivity index (χ1n) is 6.51. The maximum atomic E-state index is 12.3. The van der Waals surface area contributed by atoms with Gasteiger partial charge in [0, 0.05) is 25.7 Å². The molecule has 1 amide bonds. The Morgan fingerprint density at radius 2 is 2.00 bits per heavy atom. The predicted octanol–water partition coefficient (Wildman–Crippen LogP) is 1.37. The van der Waals surface area contributed by atoms with E-state index >= 15 is 0 Å². The summed E-state index contributed by atoms with van der Waals surface area (Å²) in [5, 5.41) is 8.89. The highest BCUT2D eigenvalue weighted by Gasteiger charge is 2.33. The summed E-state index contributed by atoms with van der Waals surface area (Å²) in [6, 6.07) is 3.63. The third kappa shape index (κ3) is 2.37. The number of fused-ring (bicyclic) bond motifs is 1. The minimum Gasteiger partial charge on any atom is -0.477 e. The van der Waals surface area contributed by atoms with E-state index in [1.807, 2.05) is 4.90 Å². The van der Waals surface area contributed by atoms with Gasteiger partial charge < -0.3 is 10.0 Å². The van der Waals surface area contributed by atoms with Crippen molar-refractivity contribution in [2.75, 3.05) is 26.2 Å². The molecule has 1 unspecified atom stereocenters. The lowest BCUT2D eigenvalue weighted by molar-refractivity contribution is 0.0576. The normalized spacial score (nSPS) is 23.4. The minimum absolute atomic E-state index is 0.0240. The Balaban J connectivity index is 1.71. The summed E-state index contributed by atoms with van der Waals surface area (Å²) < 4.78 is 0. The fourth-order valence-electron chi connectivity index (χ4n) is 2.90. The molecule has 5 nitrogen and oxygen atoms in total. The van der Waals surface area contributed by atoms with E-state index in [0.717, 1.165) is 43.9 Å². The Hall–Kier alpha value is -1.40. The second kappa shape index (κ2) is 4.94. The number of carboxylic acids is 1. The first-order chi connectivity index (χ1) is 9.15. The van der Waals surface area contributed by atoms with Gasteiger partial charge in [-0.05, 0) is 31.5 Å². The highest BCUT2D eigenvalue weighted by molar-refractivity contribution is 7.15. The van der Waals surface area contributed by atoms with Gasteiger partial charge in [-0.2, -0.15) is 0 Å². The molecule has 1 aromatic heterocycles. The number of carbonyl (C=O) groups is 2. The lowest BCUT2D eigenvalue weighted by Gasteiger charge is -2.37. The van der Waals surface area contributed by atoms with E-state index in [1.54, 1.807) is 6.07 Å². The lowest BCUT2D eigenvalue weighted by Crippen LogP contribution is -2.51. The molecule has 1 N–H and O–H groups in total. The van der Waals surface area contributed by atoms with E-state index in [0.29, 0.717) is 10.9 Å². The van der Waals surface area contributed by atoms with E-state index in [9.17, 15) is 9.59 Å². The molecule has 3 rings (SSSR count). The van der Waals surface area contributed by atoms with Crippen molar-refractivity contribution in [1.82, 2.24) is 9.80 Å². The van der Waals surface area contributed by atoms with Crippen LogP contribution in [0.1, 0.15) is 32.2 Å². The van der Waals surface area contributed by atoms with E-state index in [1.165, 1.54) is 12.5 Å². The Bertz CT molecular complexity index is 514. The molecule has 2 saturated heterocycles. The molecular formula is C13H16N2O3S. The molecule has 102 valence electrons. The highest BCUT2D eigenvalue weighted by atomic mass is 32.1. The first kappa shape index (κ1) is 12.6. The fourth-order valence-corrected chi connectivity index (χ4v) is 3.71. The number of carboxylic acid groups (broad SMARTS) is 1. The van der Waals surface area contributed by atoms with Crippen molar-refractivity contribution in [3.8, 4) is 0 Å². The van der Waals surface area contributed by atoms with Crippen molar-refractivity contribution in [1.29, 1.82) is 0 Å². The molecule has 2 aliphatic heterocycles. The molecule has 1 aromatic rings. The van der Waals surface area contributed by atoms with Gasteiger partial charge in [0.1, 0.15) is 4.88 Å². The lowest BCUT2D eigenvalue weighted by atomic mass is 10.1. The summed E-state index contributed by atoms with van der Waals surface area (Å²) in [6.07, 6.45) is 2.38. The molecule has 0 radical (unpaired) electrons. The van der Waals surface area contributed by atoms with E-state index in [-0.39, 0.29) is 10.8 Å². The summed E-state index contributed by atoms with van der Waals surface area (Å²) in [7, 11) is 0. The number of hydrogen-bond donors (Lipinski definition) is 1. The molecule has 0 aromatic carbocycles. The summed E-state index contributed by atoms with van der Waals surface area (Å²) >= 11 is 1.06. The maximum absolute atomic E-state index is 12.3. The number of amides is 1. The zero-order valence-corrected chi connectivity index (χ0v) is 11.4. The fraction of sp³-hybridized carbons (Fsp3) is 0.538. The van der Waals surface area contributed by atoms with Crippen molar-refractivity contribution in [2.24, 2.45) is 0 Å². The number of thiophene rings is 1. The van der Waals surface area contributed by atoms with Crippen LogP contribution < -0.4 is 0 Å². The van der Waals surface area contributed by atoms with Gasteiger partial charge in [-0.15, -0.1) is 11.3 Å². The van der Waals surface area contributed by atoms with Crippen LogP contribution in [0.4, 0.5) is 0 Å². The molecule has 0 saturated carbocycles. The molecule has 3 heterocycles. The van der Waals surface area contributed by atoms with Crippen LogP contribution in [0.2, 0.25) is 0 Å². The molecule has 0 spiro atoms. The van der Waals surface area contributed by atoms with Crippen LogP contribution in [-0.4, -0.2) is 59.0 Å². The summed E-state index contributed by atoms with van der Waals surface area (Å²) in [6.45, 7) is 3.61. The second-order valence-corrected chi connectivity index (χ2v) is 6.14. The number of piperazine rings is 1. The predicted molar refractivity (Wildman–Crippen MR) is 71.8 cm³/mol. The minimum atomic E-state index is -0.968. The van der Waals surface area contributed by atoms with Crippen LogP contribution in [0.5, 0.6) is 0 Å². The third-order valence-electron chi connectivity index (χ3n) is 3.90. The summed E-state index contributed by atoms with van der Waals surface area (Å²) in [5.74, 6) is -0.992. The zero-order valence-electron chi connectivity index (χ0n) is 10.5. The van der Waals surface area contributed by atoms with E-state index in [4.69, 9.17) is 5.11 Å². The number of hydrogen-bond acceptors (Lipinski definition) is 4. The third-order valence-corrected chi connectivity index (χ3v) is 4.96. The number of carbonyl (C=O) groups excluding carboxylic acids is 1. The van der Waals surface area contributed by atoms with Crippen molar-refractivity contribution in [3.05, 3.63) is 21.9 Å². The largest absolute Gasteiger partial charge is 0.477 e. The second-order valence-electron chi connectivity index (χ2n) is 5.05. The van der Waals surface area contributed by atoms with Crippen LogP contribution in [0.25, 0.3) is 0 Å². The highest BCUT2D eigenvalue weighted by Crippen LogP contribution is 2.24. The molecule has 2 aliphatic rings. The van der Waals surface area contributed by atoms with Gasteiger partial charge in [-0.1, -0.05) is 0 Å². The van der Waals surface area contributed by atoms with Crippen molar-refractivity contribution in [2.45, 2.75) is 18.9 Å². The number of rotatable bonds is 2. The van der Waals surface area contributed by atoms with Gasteiger partial charge in [0.2, 0.25) is 0 Å². The average molecular weight is 280 g/mol. The Kier molecular flexibility index (Phi) is 3.28. The first-order valence-corrected chi connectivity index (χ1v) is 7.33. The molecular weight excluding hydrogens is 264 g/mol. The molecule has 19 heavy (non-hydrogen) atoms. The average Bonchev–Trinajstić information content (AvgIpc) is 3.06. The molecule has 2 fully saturated rings. The van der Waals surface area contributed by atoms with Crippen LogP contribution in [-0.2, 0) is 0 Å². The zero-order chi connectivity index (χ0) is 13.4. The SMILES string of the molecule is O=C(O)c1ccc(C(=O)N2CCN3CCCC3C2)s1. The molecule has 1 atom stereocenters. The van der Waals surface area contributed by atoms with Crippen molar-refractivity contribution in [3.63, 3.8) is 0 Å². The monoisotopic (exact) mass is 280 g/mol. The van der Waals surface area contributed by atoms with E-state index < -0.39 is 5.97 Å². The smallest absolute Gasteiger partial charge is 0.345 e. The van der Waals surface area contributed by atoms with Crippen LogP contribution in [0.3, 0.4) is 0 Å².